The second-order valence-electron chi connectivity index (χ2n) is 6.10. The van der Waals surface area contributed by atoms with E-state index in [2.05, 4.69) is 19.2 Å². The SMILES string of the molecule is COc1cc(CNC2CCCC(C)C2C)cc(OC)c1O. The van der Waals surface area contributed by atoms with E-state index < -0.39 is 0 Å². The third-order valence-electron chi connectivity index (χ3n) is 4.81. The largest absolute Gasteiger partial charge is 0.502 e. The van der Waals surface area contributed by atoms with Crippen molar-refractivity contribution in [2.24, 2.45) is 11.8 Å². The minimum Gasteiger partial charge on any atom is -0.502 e. The van der Waals surface area contributed by atoms with E-state index in [0.29, 0.717) is 23.5 Å². The van der Waals surface area contributed by atoms with Gasteiger partial charge in [-0.3, -0.25) is 0 Å². The summed E-state index contributed by atoms with van der Waals surface area (Å²) in [7, 11) is 3.10. The molecular formula is C17H27NO3. The number of phenols is 1. The fourth-order valence-corrected chi connectivity index (χ4v) is 3.17. The highest BCUT2D eigenvalue weighted by Crippen LogP contribution is 2.37. The van der Waals surface area contributed by atoms with Crippen LogP contribution in [-0.4, -0.2) is 25.4 Å². The molecule has 2 rings (SSSR count). The Morgan fingerprint density at radius 2 is 1.76 bits per heavy atom. The first-order chi connectivity index (χ1) is 10.1. The van der Waals surface area contributed by atoms with Gasteiger partial charge >= 0.3 is 0 Å². The maximum Gasteiger partial charge on any atom is 0.200 e. The lowest BCUT2D eigenvalue weighted by Crippen LogP contribution is -2.40. The van der Waals surface area contributed by atoms with Crippen molar-refractivity contribution in [2.45, 2.75) is 45.7 Å². The van der Waals surface area contributed by atoms with Crippen LogP contribution in [0.5, 0.6) is 17.2 Å². The molecule has 0 heterocycles. The lowest BCUT2D eigenvalue weighted by Gasteiger charge is -2.34. The summed E-state index contributed by atoms with van der Waals surface area (Å²) in [5.41, 5.74) is 1.06. The van der Waals surface area contributed by atoms with Crippen molar-refractivity contribution in [1.82, 2.24) is 5.32 Å². The Morgan fingerprint density at radius 1 is 1.14 bits per heavy atom. The van der Waals surface area contributed by atoms with E-state index in [9.17, 15) is 5.11 Å². The zero-order valence-electron chi connectivity index (χ0n) is 13.5. The lowest BCUT2D eigenvalue weighted by atomic mass is 9.78. The van der Waals surface area contributed by atoms with Crippen molar-refractivity contribution in [3.8, 4) is 17.2 Å². The first kappa shape index (κ1) is 16.0. The van der Waals surface area contributed by atoms with Crippen LogP contribution in [-0.2, 0) is 6.54 Å². The molecule has 1 saturated carbocycles. The van der Waals surface area contributed by atoms with Gasteiger partial charge in [-0.15, -0.1) is 0 Å². The second kappa shape index (κ2) is 7.03. The Morgan fingerprint density at radius 3 is 2.33 bits per heavy atom. The maximum absolute atomic E-state index is 9.94. The van der Waals surface area contributed by atoms with Gasteiger partial charge in [-0.1, -0.05) is 26.7 Å². The molecule has 0 amide bonds. The van der Waals surface area contributed by atoms with Crippen LogP contribution in [0.15, 0.2) is 12.1 Å². The molecule has 21 heavy (non-hydrogen) atoms. The van der Waals surface area contributed by atoms with E-state index in [-0.39, 0.29) is 5.75 Å². The Labute approximate surface area is 127 Å². The molecule has 3 atom stereocenters. The molecule has 1 aliphatic carbocycles. The summed E-state index contributed by atoms with van der Waals surface area (Å²) in [4.78, 5) is 0. The van der Waals surface area contributed by atoms with Crippen molar-refractivity contribution in [1.29, 1.82) is 0 Å². The Balaban J connectivity index is 2.06. The number of hydrogen-bond donors (Lipinski definition) is 2. The summed E-state index contributed by atoms with van der Waals surface area (Å²) in [5, 5.41) is 13.6. The summed E-state index contributed by atoms with van der Waals surface area (Å²) in [6.07, 6.45) is 3.86. The standard InChI is InChI=1S/C17H27NO3/c1-11-6-5-7-14(12(11)2)18-10-13-8-15(20-3)17(19)16(9-13)21-4/h8-9,11-12,14,18-19H,5-7,10H2,1-4H3. The summed E-state index contributed by atoms with van der Waals surface area (Å²) in [5.74, 6) is 2.44. The number of ether oxygens (including phenoxy) is 2. The molecular weight excluding hydrogens is 266 g/mol. The van der Waals surface area contributed by atoms with Crippen LogP contribution in [0.25, 0.3) is 0 Å². The molecule has 0 radical (unpaired) electrons. The quantitative estimate of drug-likeness (QED) is 0.874. The molecule has 1 aliphatic rings. The van der Waals surface area contributed by atoms with Crippen LogP contribution in [0.4, 0.5) is 0 Å². The fraction of sp³-hybridized carbons (Fsp3) is 0.647. The van der Waals surface area contributed by atoms with E-state index in [4.69, 9.17) is 9.47 Å². The third-order valence-corrected chi connectivity index (χ3v) is 4.81. The molecule has 4 nitrogen and oxygen atoms in total. The van der Waals surface area contributed by atoms with E-state index in [0.717, 1.165) is 18.0 Å². The number of nitrogens with one attached hydrogen (secondary N) is 1. The smallest absolute Gasteiger partial charge is 0.200 e. The zero-order chi connectivity index (χ0) is 15.4. The normalized spacial score (nSPS) is 25.6. The van der Waals surface area contributed by atoms with E-state index >= 15 is 0 Å². The highest BCUT2D eigenvalue weighted by Gasteiger charge is 2.26. The molecule has 1 aromatic carbocycles. The Hall–Kier alpha value is -1.42. The molecule has 0 saturated heterocycles. The number of benzene rings is 1. The van der Waals surface area contributed by atoms with Gasteiger partial charge < -0.3 is 19.9 Å². The number of aromatic hydroxyl groups is 1. The summed E-state index contributed by atoms with van der Waals surface area (Å²) in [6, 6.07) is 4.28. The molecule has 0 aliphatic heterocycles. The average molecular weight is 293 g/mol. The number of hydrogen-bond acceptors (Lipinski definition) is 4. The molecule has 0 aromatic heterocycles. The molecule has 118 valence electrons. The van der Waals surface area contributed by atoms with Crippen molar-refractivity contribution >= 4 is 0 Å². The lowest BCUT2D eigenvalue weighted by molar-refractivity contribution is 0.206. The predicted octanol–water partition coefficient (Wildman–Crippen LogP) is 3.32. The van der Waals surface area contributed by atoms with Gasteiger partial charge in [0, 0.05) is 12.6 Å². The second-order valence-corrected chi connectivity index (χ2v) is 6.10. The van der Waals surface area contributed by atoms with Crippen molar-refractivity contribution in [2.75, 3.05) is 14.2 Å². The highest BCUT2D eigenvalue weighted by molar-refractivity contribution is 5.52. The minimum absolute atomic E-state index is 0.0587. The highest BCUT2D eigenvalue weighted by atomic mass is 16.5. The van der Waals surface area contributed by atoms with Crippen LogP contribution in [0.2, 0.25) is 0 Å². The fourth-order valence-electron chi connectivity index (χ4n) is 3.17. The van der Waals surface area contributed by atoms with E-state index in [1.165, 1.54) is 19.3 Å². The first-order valence-electron chi connectivity index (χ1n) is 7.74. The van der Waals surface area contributed by atoms with Crippen LogP contribution < -0.4 is 14.8 Å². The van der Waals surface area contributed by atoms with Crippen LogP contribution in [0, 0.1) is 11.8 Å². The number of methoxy groups -OCH3 is 2. The molecule has 4 heteroatoms. The van der Waals surface area contributed by atoms with E-state index in [1.807, 2.05) is 12.1 Å². The van der Waals surface area contributed by atoms with Gasteiger partial charge in [-0.05, 0) is 36.0 Å². The summed E-state index contributed by atoms with van der Waals surface area (Å²) >= 11 is 0. The van der Waals surface area contributed by atoms with Gasteiger partial charge in [0.25, 0.3) is 0 Å². The summed E-state index contributed by atoms with van der Waals surface area (Å²) < 4.78 is 10.4. The molecule has 2 N–H and O–H groups in total. The van der Waals surface area contributed by atoms with Gasteiger partial charge in [0.2, 0.25) is 5.75 Å². The van der Waals surface area contributed by atoms with Crippen molar-refractivity contribution in [3.05, 3.63) is 17.7 Å². The summed E-state index contributed by atoms with van der Waals surface area (Å²) in [6.45, 7) is 5.43. The van der Waals surface area contributed by atoms with Gasteiger partial charge in [0.1, 0.15) is 0 Å². The number of rotatable bonds is 5. The average Bonchev–Trinajstić information content (AvgIpc) is 2.49. The van der Waals surface area contributed by atoms with Crippen LogP contribution in [0.3, 0.4) is 0 Å². The molecule has 3 unspecified atom stereocenters. The minimum atomic E-state index is 0.0587. The van der Waals surface area contributed by atoms with Gasteiger partial charge in [0.05, 0.1) is 14.2 Å². The Bertz CT molecular complexity index is 450. The van der Waals surface area contributed by atoms with E-state index in [1.54, 1.807) is 14.2 Å². The Kier molecular flexibility index (Phi) is 5.34. The maximum atomic E-state index is 9.94. The van der Waals surface area contributed by atoms with Gasteiger partial charge in [0.15, 0.2) is 11.5 Å². The first-order valence-corrected chi connectivity index (χ1v) is 7.74. The van der Waals surface area contributed by atoms with Crippen LogP contribution >= 0.6 is 0 Å². The number of phenolic OH excluding ortho intramolecular Hbond substituents is 1. The third kappa shape index (κ3) is 3.62. The van der Waals surface area contributed by atoms with Gasteiger partial charge in [-0.25, -0.2) is 0 Å². The molecule has 0 bridgehead atoms. The predicted molar refractivity (Wildman–Crippen MR) is 84.0 cm³/mol. The molecule has 0 spiro atoms. The van der Waals surface area contributed by atoms with Crippen molar-refractivity contribution in [3.63, 3.8) is 0 Å². The molecule has 1 fully saturated rings. The monoisotopic (exact) mass is 293 g/mol. The van der Waals surface area contributed by atoms with Gasteiger partial charge in [-0.2, -0.15) is 0 Å². The topological polar surface area (TPSA) is 50.7 Å². The molecule has 1 aromatic rings. The zero-order valence-corrected chi connectivity index (χ0v) is 13.5. The van der Waals surface area contributed by atoms with Crippen LogP contribution in [0.1, 0.15) is 38.7 Å². The van der Waals surface area contributed by atoms with Crippen molar-refractivity contribution < 1.29 is 14.6 Å².